The number of phenolic OH excluding ortho intramolecular Hbond substituents is 1. The van der Waals surface area contributed by atoms with Crippen LogP contribution in [-0.2, 0) is 51.2 Å². The van der Waals surface area contributed by atoms with Crippen molar-refractivity contribution >= 4 is 47.3 Å². The highest BCUT2D eigenvalue weighted by atomic mass is 16.4. The molecule has 17 heteroatoms. The molecular formula is C44H57N7O10. The minimum Gasteiger partial charge on any atom is -0.508 e. The van der Waals surface area contributed by atoms with Crippen LogP contribution in [0.4, 0.5) is 0 Å². The third-order valence-electron chi connectivity index (χ3n) is 12.5. The minimum atomic E-state index is -1.42. The van der Waals surface area contributed by atoms with Gasteiger partial charge in [-0.25, -0.2) is 0 Å². The molecule has 8 atom stereocenters. The molecule has 61 heavy (non-hydrogen) atoms. The van der Waals surface area contributed by atoms with Crippen molar-refractivity contribution in [3.05, 3.63) is 65.7 Å². The Labute approximate surface area is 355 Å². The van der Waals surface area contributed by atoms with Crippen LogP contribution in [0.1, 0.15) is 82.8 Å². The van der Waals surface area contributed by atoms with Crippen LogP contribution in [0.2, 0.25) is 0 Å². The number of rotatable bonds is 9. The molecule has 7 amide bonds. The number of phenols is 1. The predicted octanol–water partition coefficient (Wildman–Crippen LogP) is 1.01. The number of nitrogens with one attached hydrogen (secondary N) is 4. The molecular weight excluding hydrogens is 787 g/mol. The lowest BCUT2D eigenvalue weighted by atomic mass is 9.96. The topological polar surface area (TPSA) is 235 Å². The van der Waals surface area contributed by atoms with Crippen molar-refractivity contribution < 1.29 is 48.6 Å². The first kappa shape index (κ1) is 44.5. The van der Waals surface area contributed by atoms with Crippen LogP contribution in [-0.4, -0.2) is 134 Å². The molecule has 0 aliphatic carbocycles. The standard InChI is InChI=1S/C44H57N7O10/c1-3-26(2)37-44(61)51-23-9-14-35(51)43(60)50-22-8-13-34(50)40(57)45-30(19-20-36(53)54)38(55)47-32(25-28-15-17-29(52)18-16-28)42(59)49-21-7-12-33(49)41(58)46-31(39(56)48-37)24-27-10-5-4-6-11-27/h4-6,10-11,15-18,26,30-35,37,52H,3,7-9,12-14,19-25H2,1-2H3,(H,45,57)(H,46,58)(H,47,55)(H,48,56)(H,53,54). The summed E-state index contributed by atoms with van der Waals surface area (Å²) in [5, 5.41) is 30.7. The van der Waals surface area contributed by atoms with E-state index < -0.39 is 96.0 Å². The maximum atomic E-state index is 14.6. The summed E-state index contributed by atoms with van der Waals surface area (Å²) in [5.74, 6) is -5.84. The maximum Gasteiger partial charge on any atom is 0.303 e. The average Bonchev–Trinajstić information content (AvgIpc) is 4.05. The number of carbonyl (C=O) groups is 8. The molecule has 0 bridgehead atoms. The van der Waals surface area contributed by atoms with Gasteiger partial charge < -0.3 is 46.2 Å². The number of carboxylic acid groups (broad SMARTS) is 1. The van der Waals surface area contributed by atoms with Crippen molar-refractivity contribution in [1.82, 2.24) is 36.0 Å². The number of aromatic hydroxyl groups is 1. The molecule has 0 radical (unpaired) electrons. The zero-order chi connectivity index (χ0) is 43.8. The van der Waals surface area contributed by atoms with Gasteiger partial charge in [0.1, 0.15) is 48.0 Å². The Morgan fingerprint density at radius 1 is 0.623 bits per heavy atom. The maximum absolute atomic E-state index is 14.6. The summed E-state index contributed by atoms with van der Waals surface area (Å²) >= 11 is 0. The first-order valence-corrected chi connectivity index (χ1v) is 21.4. The zero-order valence-corrected chi connectivity index (χ0v) is 34.7. The van der Waals surface area contributed by atoms with Gasteiger partial charge in [-0.05, 0) is 74.1 Å². The highest BCUT2D eigenvalue weighted by Crippen LogP contribution is 2.28. The number of hydrogen-bond donors (Lipinski definition) is 6. The lowest BCUT2D eigenvalue weighted by Gasteiger charge is -2.35. The summed E-state index contributed by atoms with van der Waals surface area (Å²) in [4.78, 5) is 116. The molecule has 0 aromatic heterocycles. The van der Waals surface area contributed by atoms with E-state index in [0.29, 0.717) is 37.7 Å². The monoisotopic (exact) mass is 843 g/mol. The van der Waals surface area contributed by atoms with Crippen LogP contribution in [0, 0.1) is 5.92 Å². The Bertz CT molecular complexity index is 1960. The second-order valence-electron chi connectivity index (χ2n) is 16.6. The van der Waals surface area contributed by atoms with E-state index in [1.165, 1.54) is 26.8 Å². The summed E-state index contributed by atoms with van der Waals surface area (Å²) in [7, 11) is 0. The average molecular weight is 844 g/mol. The first-order valence-electron chi connectivity index (χ1n) is 21.4. The van der Waals surface area contributed by atoms with Crippen molar-refractivity contribution in [2.75, 3.05) is 19.6 Å². The molecule has 4 heterocycles. The molecule has 4 aliphatic rings. The van der Waals surface area contributed by atoms with Gasteiger partial charge in [0.25, 0.3) is 0 Å². The van der Waals surface area contributed by atoms with Crippen LogP contribution in [0.15, 0.2) is 54.6 Å². The van der Waals surface area contributed by atoms with E-state index in [0.717, 1.165) is 5.56 Å². The second kappa shape index (κ2) is 20.0. The smallest absolute Gasteiger partial charge is 0.303 e. The Morgan fingerprint density at radius 3 is 1.70 bits per heavy atom. The lowest BCUT2D eigenvalue weighted by molar-refractivity contribution is -0.149. The lowest BCUT2D eigenvalue weighted by Crippen LogP contribution is -2.60. The molecule has 2 aromatic carbocycles. The number of benzene rings is 2. The van der Waals surface area contributed by atoms with Gasteiger partial charge in [-0.3, -0.25) is 38.4 Å². The highest BCUT2D eigenvalue weighted by Gasteiger charge is 2.46. The van der Waals surface area contributed by atoms with Crippen LogP contribution in [0.3, 0.4) is 0 Å². The predicted molar refractivity (Wildman–Crippen MR) is 220 cm³/mol. The molecule has 8 unspecified atom stereocenters. The van der Waals surface area contributed by atoms with E-state index in [1.807, 2.05) is 32.0 Å². The van der Waals surface area contributed by atoms with Crippen LogP contribution >= 0.6 is 0 Å². The van der Waals surface area contributed by atoms with Crippen molar-refractivity contribution in [3.8, 4) is 5.75 Å². The number of aliphatic carboxylic acids is 1. The van der Waals surface area contributed by atoms with E-state index in [1.54, 1.807) is 24.3 Å². The Hall–Kier alpha value is -6.00. The molecule has 328 valence electrons. The van der Waals surface area contributed by atoms with Gasteiger partial charge in [-0.2, -0.15) is 0 Å². The number of amides is 7. The molecule has 17 nitrogen and oxygen atoms in total. The van der Waals surface area contributed by atoms with Gasteiger partial charge in [0.2, 0.25) is 41.4 Å². The number of carbonyl (C=O) groups excluding carboxylic acids is 7. The number of fused-ring (bicyclic) bond motifs is 3. The third-order valence-corrected chi connectivity index (χ3v) is 12.5. The molecule has 4 fully saturated rings. The summed E-state index contributed by atoms with van der Waals surface area (Å²) in [6.45, 7) is 4.34. The summed E-state index contributed by atoms with van der Waals surface area (Å²) in [5.41, 5.74) is 1.29. The normalized spacial score (nSPS) is 27.5. The molecule has 4 aliphatic heterocycles. The second-order valence-corrected chi connectivity index (χ2v) is 16.6. The Kier molecular flexibility index (Phi) is 14.6. The number of carboxylic acids is 1. The highest BCUT2D eigenvalue weighted by molar-refractivity contribution is 5.99. The molecule has 6 rings (SSSR count). The fourth-order valence-electron chi connectivity index (χ4n) is 8.87. The molecule has 4 saturated heterocycles. The van der Waals surface area contributed by atoms with Crippen molar-refractivity contribution in [3.63, 3.8) is 0 Å². The van der Waals surface area contributed by atoms with Gasteiger partial charge in [0, 0.05) is 38.9 Å². The fourth-order valence-corrected chi connectivity index (χ4v) is 8.87. The molecule has 0 saturated carbocycles. The van der Waals surface area contributed by atoms with Crippen LogP contribution < -0.4 is 21.3 Å². The summed E-state index contributed by atoms with van der Waals surface area (Å²) in [6, 6.07) is 7.17. The van der Waals surface area contributed by atoms with Crippen molar-refractivity contribution in [2.45, 2.75) is 127 Å². The van der Waals surface area contributed by atoms with Gasteiger partial charge in [0.15, 0.2) is 0 Å². The summed E-state index contributed by atoms with van der Waals surface area (Å²) in [6.07, 6.45) is 1.95. The quantitative estimate of drug-likeness (QED) is 0.210. The van der Waals surface area contributed by atoms with Crippen LogP contribution in [0.5, 0.6) is 5.75 Å². The van der Waals surface area contributed by atoms with Crippen molar-refractivity contribution in [1.29, 1.82) is 0 Å². The Morgan fingerprint density at radius 2 is 1.11 bits per heavy atom. The largest absolute Gasteiger partial charge is 0.508 e. The fraction of sp³-hybridized carbons (Fsp3) is 0.545. The Balaban J connectivity index is 1.40. The first-order chi connectivity index (χ1) is 29.2. The van der Waals surface area contributed by atoms with E-state index in [-0.39, 0.29) is 63.4 Å². The zero-order valence-electron chi connectivity index (χ0n) is 34.7. The number of hydrogen-bond acceptors (Lipinski definition) is 9. The minimum absolute atomic E-state index is 0.0206. The van der Waals surface area contributed by atoms with Gasteiger partial charge in [-0.1, -0.05) is 62.7 Å². The number of nitrogens with zero attached hydrogens (tertiary/aromatic N) is 3. The molecule has 0 spiro atoms. The van der Waals surface area contributed by atoms with Gasteiger partial charge >= 0.3 is 5.97 Å². The van der Waals surface area contributed by atoms with Gasteiger partial charge in [-0.15, -0.1) is 0 Å². The van der Waals surface area contributed by atoms with Gasteiger partial charge in [0.05, 0.1) is 0 Å². The molecule has 6 N–H and O–H groups in total. The van der Waals surface area contributed by atoms with Crippen molar-refractivity contribution in [2.24, 2.45) is 5.92 Å². The third kappa shape index (κ3) is 10.7. The van der Waals surface area contributed by atoms with E-state index in [9.17, 15) is 48.6 Å². The van der Waals surface area contributed by atoms with E-state index in [2.05, 4.69) is 21.3 Å². The summed E-state index contributed by atoms with van der Waals surface area (Å²) < 4.78 is 0. The van der Waals surface area contributed by atoms with E-state index >= 15 is 0 Å². The SMILES string of the molecule is CCC(C)C1NC(=O)C(Cc2ccccc2)NC(=O)C2CCCN2C(=O)C(Cc2ccc(O)cc2)NC(=O)C(CCC(=O)O)NC(=O)C2CCCN2C(=O)C2CCCN2C1=O. The molecule has 2 aromatic rings. The van der Waals surface area contributed by atoms with Crippen LogP contribution in [0.25, 0.3) is 0 Å². The van der Waals surface area contributed by atoms with E-state index in [4.69, 9.17) is 0 Å².